The first kappa shape index (κ1) is 14.0. The molecule has 7 nitrogen and oxygen atoms in total. The zero-order chi connectivity index (χ0) is 14.5. The Hall–Kier alpha value is -2.38. The number of hydrogen-bond donors (Lipinski definition) is 4. The van der Waals surface area contributed by atoms with Crippen molar-refractivity contribution in [3.05, 3.63) is 42.2 Å². The summed E-state index contributed by atoms with van der Waals surface area (Å²) in [6, 6.07) is 7.95. The van der Waals surface area contributed by atoms with Gasteiger partial charge in [-0.1, -0.05) is 6.07 Å². The zero-order valence-electron chi connectivity index (χ0n) is 10.7. The van der Waals surface area contributed by atoms with Crippen LogP contribution in [-0.2, 0) is 0 Å². The van der Waals surface area contributed by atoms with Gasteiger partial charge in [0.05, 0.1) is 24.9 Å². The molecule has 0 aliphatic carbocycles. The van der Waals surface area contributed by atoms with E-state index in [2.05, 4.69) is 10.4 Å². The molecule has 20 heavy (non-hydrogen) atoms. The van der Waals surface area contributed by atoms with E-state index in [0.29, 0.717) is 5.69 Å². The van der Waals surface area contributed by atoms with Crippen LogP contribution >= 0.6 is 0 Å². The van der Waals surface area contributed by atoms with Gasteiger partial charge in [0, 0.05) is 11.9 Å². The molecule has 2 aromatic rings. The maximum absolute atomic E-state index is 11.9. The number of nitrogens with one attached hydrogen (secondary N) is 1. The first-order valence-corrected chi connectivity index (χ1v) is 6.08. The van der Waals surface area contributed by atoms with E-state index >= 15 is 0 Å². The lowest BCUT2D eigenvalue weighted by Crippen LogP contribution is -2.40. The minimum absolute atomic E-state index is 0.194. The second-order valence-corrected chi connectivity index (χ2v) is 4.28. The Balaban J connectivity index is 2.14. The van der Waals surface area contributed by atoms with E-state index in [1.54, 1.807) is 30.5 Å². The Morgan fingerprint density at radius 1 is 1.35 bits per heavy atom. The normalized spacial score (nSPS) is 10.8. The van der Waals surface area contributed by atoms with Crippen molar-refractivity contribution in [1.29, 1.82) is 0 Å². The first-order chi connectivity index (χ1) is 9.63. The molecule has 1 aromatic carbocycles. The summed E-state index contributed by atoms with van der Waals surface area (Å²) in [6.07, 6.45) is 1.64. The molecule has 0 unspecified atom stereocenters. The largest absolute Gasteiger partial charge is 0.399 e. The minimum atomic E-state index is -0.694. The molecule has 5 N–H and O–H groups in total. The maximum atomic E-state index is 11.9. The molecule has 0 saturated heterocycles. The molecule has 0 bridgehead atoms. The van der Waals surface area contributed by atoms with Crippen LogP contribution < -0.4 is 11.1 Å². The molecule has 7 heteroatoms. The van der Waals surface area contributed by atoms with E-state index in [-0.39, 0.29) is 18.9 Å². The molecule has 0 aliphatic rings. The topological polar surface area (TPSA) is 113 Å². The number of nitrogens with two attached hydrogens (primary N) is 1. The molecule has 0 atom stereocenters. The second kappa shape index (κ2) is 6.18. The van der Waals surface area contributed by atoms with E-state index < -0.39 is 11.9 Å². The summed E-state index contributed by atoms with van der Waals surface area (Å²) < 4.78 is 1.53. The fraction of sp³-hybridized carbons (Fsp3) is 0.231. The number of aliphatic hydroxyl groups is 2. The molecule has 0 spiro atoms. The van der Waals surface area contributed by atoms with Crippen molar-refractivity contribution >= 4 is 11.6 Å². The third-order valence-electron chi connectivity index (χ3n) is 2.73. The van der Waals surface area contributed by atoms with Gasteiger partial charge in [-0.25, -0.2) is 4.68 Å². The number of carbonyl (C=O) groups is 1. The van der Waals surface area contributed by atoms with Crippen molar-refractivity contribution in [1.82, 2.24) is 15.1 Å². The van der Waals surface area contributed by atoms with Gasteiger partial charge in [-0.2, -0.15) is 5.10 Å². The average Bonchev–Trinajstić information content (AvgIpc) is 2.94. The van der Waals surface area contributed by atoms with Crippen molar-refractivity contribution in [3.8, 4) is 5.69 Å². The summed E-state index contributed by atoms with van der Waals surface area (Å²) >= 11 is 0. The number of anilines is 1. The lowest BCUT2D eigenvalue weighted by Gasteiger charge is -2.11. The van der Waals surface area contributed by atoms with Gasteiger partial charge < -0.3 is 21.3 Å². The third-order valence-corrected chi connectivity index (χ3v) is 2.73. The van der Waals surface area contributed by atoms with Crippen molar-refractivity contribution in [2.24, 2.45) is 0 Å². The highest BCUT2D eigenvalue weighted by Crippen LogP contribution is 2.11. The lowest BCUT2D eigenvalue weighted by atomic mass is 10.3. The highest BCUT2D eigenvalue weighted by atomic mass is 16.3. The van der Waals surface area contributed by atoms with Gasteiger partial charge in [-0.3, -0.25) is 4.79 Å². The summed E-state index contributed by atoms with van der Waals surface area (Å²) in [5, 5.41) is 24.4. The van der Waals surface area contributed by atoms with Gasteiger partial charge in [-0.15, -0.1) is 0 Å². The quantitative estimate of drug-likeness (QED) is 0.552. The molecule has 0 aliphatic heterocycles. The Morgan fingerprint density at radius 3 is 2.75 bits per heavy atom. The van der Waals surface area contributed by atoms with Crippen LogP contribution in [-0.4, -0.2) is 45.2 Å². The molecule has 0 radical (unpaired) electrons. The van der Waals surface area contributed by atoms with Crippen molar-refractivity contribution in [3.63, 3.8) is 0 Å². The summed E-state index contributed by atoms with van der Waals surface area (Å²) in [5.41, 5.74) is 7.22. The zero-order valence-corrected chi connectivity index (χ0v) is 10.7. The number of amides is 1. The Bertz CT molecular complexity index is 593. The van der Waals surface area contributed by atoms with Crippen LogP contribution in [0.25, 0.3) is 5.69 Å². The number of nitrogens with zero attached hydrogens (tertiary/aromatic N) is 2. The summed E-state index contributed by atoms with van der Waals surface area (Å²) in [4.78, 5) is 11.9. The van der Waals surface area contributed by atoms with Gasteiger partial charge in [0.25, 0.3) is 5.91 Å². The van der Waals surface area contributed by atoms with Crippen LogP contribution in [0.1, 0.15) is 10.5 Å². The summed E-state index contributed by atoms with van der Waals surface area (Å²) in [7, 11) is 0. The highest BCUT2D eigenvalue weighted by molar-refractivity contribution is 5.92. The predicted molar refractivity (Wildman–Crippen MR) is 73.4 cm³/mol. The monoisotopic (exact) mass is 276 g/mol. The molecule has 0 saturated carbocycles. The standard InChI is InChI=1S/C13H16N4O3/c14-9-2-1-3-11(6-9)17-5-4-12(16-17)13(20)15-10(7-18)8-19/h1-6,10,18-19H,7-8,14H2,(H,15,20). The summed E-state index contributed by atoms with van der Waals surface area (Å²) in [5.74, 6) is -0.458. The van der Waals surface area contributed by atoms with E-state index in [0.717, 1.165) is 5.69 Å². The third kappa shape index (κ3) is 3.14. The average molecular weight is 276 g/mol. The summed E-state index contributed by atoms with van der Waals surface area (Å²) in [6.45, 7) is -0.670. The van der Waals surface area contributed by atoms with Crippen molar-refractivity contribution in [2.75, 3.05) is 18.9 Å². The second-order valence-electron chi connectivity index (χ2n) is 4.28. The van der Waals surface area contributed by atoms with Gasteiger partial charge in [-0.05, 0) is 24.3 Å². The van der Waals surface area contributed by atoms with Gasteiger partial charge in [0.2, 0.25) is 0 Å². The lowest BCUT2D eigenvalue weighted by molar-refractivity contribution is 0.0874. The first-order valence-electron chi connectivity index (χ1n) is 6.08. The molecule has 1 heterocycles. The van der Waals surface area contributed by atoms with Crippen LogP contribution in [0, 0.1) is 0 Å². The molecule has 2 rings (SSSR count). The maximum Gasteiger partial charge on any atom is 0.272 e. The van der Waals surface area contributed by atoms with Crippen LogP contribution in [0.3, 0.4) is 0 Å². The fourth-order valence-corrected chi connectivity index (χ4v) is 1.66. The highest BCUT2D eigenvalue weighted by Gasteiger charge is 2.14. The van der Waals surface area contributed by atoms with Crippen LogP contribution in [0.4, 0.5) is 5.69 Å². The molecular weight excluding hydrogens is 260 g/mol. The Kier molecular flexibility index (Phi) is 4.34. The molecule has 1 aromatic heterocycles. The fourth-order valence-electron chi connectivity index (χ4n) is 1.66. The number of benzene rings is 1. The van der Waals surface area contributed by atoms with E-state index in [9.17, 15) is 4.79 Å². The van der Waals surface area contributed by atoms with E-state index in [1.807, 2.05) is 6.07 Å². The number of carbonyl (C=O) groups excluding carboxylic acids is 1. The van der Waals surface area contributed by atoms with E-state index in [1.165, 1.54) is 4.68 Å². The van der Waals surface area contributed by atoms with Crippen molar-refractivity contribution < 1.29 is 15.0 Å². The van der Waals surface area contributed by atoms with Gasteiger partial charge in [0.15, 0.2) is 5.69 Å². The van der Waals surface area contributed by atoms with Gasteiger partial charge >= 0.3 is 0 Å². The number of hydrogen-bond acceptors (Lipinski definition) is 5. The minimum Gasteiger partial charge on any atom is -0.399 e. The number of aromatic nitrogens is 2. The molecular formula is C13H16N4O3. The Morgan fingerprint density at radius 2 is 2.10 bits per heavy atom. The Labute approximate surface area is 115 Å². The van der Waals surface area contributed by atoms with Crippen LogP contribution in [0.5, 0.6) is 0 Å². The number of nitrogen functional groups attached to an aromatic ring is 1. The SMILES string of the molecule is Nc1cccc(-n2ccc(C(=O)NC(CO)CO)n2)c1. The smallest absolute Gasteiger partial charge is 0.272 e. The number of rotatable bonds is 5. The number of aliphatic hydroxyl groups excluding tert-OH is 2. The van der Waals surface area contributed by atoms with Crippen LogP contribution in [0.2, 0.25) is 0 Å². The molecule has 1 amide bonds. The molecule has 106 valence electrons. The predicted octanol–water partition coefficient (Wildman–Crippen LogP) is -0.463. The van der Waals surface area contributed by atoms with Gasteiger partial charge in [0.1, 0.15) is 0 Å². The van der Waals surface area contributed by atoms with Crippen molar-refractivity contribution in [2.45, 2.75) is 6.04 Å². The van der Waals surface area contributed by atoms with E-state index in [4.69, 9.17) is 15.9 Å². The van der Waals surface area contributed by atoms with Crippen LogP contribution in [0.15, 0.2) is 36.5 Å². The molecule has 0 fully saturated rings.